The Morgan fingerprint density at radius 1 is 1.53 bits per heavy atom. The average molecular weight is 266 g/mol. The lowest BCUT2D eigenvalue weighted by Crippen LogP contribution is -2.28. The maximum atomic E-state index is 11.5. The van der Waals surface area contributed by atoms with Gasteiger partial charge in [0.25, 0.3) is 15.9 Å². The van der Waals surface area contributed by atoms with Gasteiger partial charge in [0.05, 0.1) is 4.34 Å². The van der Waals surface area contributed by atoms with Crippen LogP contribution in [0.2, 0.25) is 4.34 Å². The molecule has 1 rings (SSSR count). The second-order valence-corrected chi connectivity index (χ2v) is 6.15. The smallest absolute Gasteiger partial charge is 0.269 e. The molecule has 0 aliphatic carbocycles. The molecule has 0 aromatic carbocycles. The highest BCUT2D eigenvalue weighted by Gasteiger charge is 2.18. The number of sulfonamides is 1. The molecule has 0 aliphatic rings. The van der Waals surface area contributed by atoms with Gasteiger partial charge in [0.2, 0.25) is 0 Å². The van der Waals surface area contributed by atoms with E-state index in [0.717, 1.165) is 17.4 Å². The van der Waals surface area contributed by atoms with Crippen molar-refractivity contribution < 1.29 is 13.2 Å². The number of hydrogen-bond donors (Lipinski definition) is 1. The van der Waals surface area contributed by atoms with Gasteiger partial charge in [-0.15, -0.1) is 11.3 Å². The molecule has 1 amide bonds. The Labute approximate surface area is 96.6 Å². The Balaban J connectivity index is 2.90. The third kappa shape index (κ3) is 3.33. The molecule has 15 heavy (non-hydrogen) atoms. The van der Waals surface area contributed by atoms with E-state index in [2.05, 4.69) is 0 Å². The Morgan fingerprint density at radius 2 is 2.20 bits per heavy atom. The Bertz CT molecular complexity index is 490. The molecule has 0 saturated carbocycles. The largest absolute Gasteiger partial charge is 0.273 e. The number of hydrogen-bond acceptors (Lipinski definition) is 4. The van der Waals surface area contributed by atoms with Crippen LogP contribution in [0.1, 0.15) is 6.92 Å². The van der Waals surface area contributed by atoms with Crippen LogP contribution in [-0.2, 0) is 14.8 Å². The number of carbonyl (C=O) groups excluding carboxylic acids is 1. The van der Waals surface area contributed by atoms with Gasteiger partial charge >= 0.3 is 0 Å². The maximum absolute atomic E-state index is 11.5. The molecular formula is C8H8ClNO3S2. The lowest BCUT2D eigenvalue weighted by Gasteiger charge is -2.00. The summed E-state index contributed by atoms with van der Waals surface area (Å²) in [5.74, 6) is -0.679. The third-order valence-corrected chi connectivity index (χ3v) is 4.44. The molecule has 82 valence electrons. The minimum Gasteiger partial charge on any atom is -0.269 e. The summed E-state index contributed by atoms with van der Waals surface area (Å²) in [5.41, 5.74) is 0. The summed E-state index contributed by atoms with van der Waals surface area (Å²) in [6.45, 7) is 1.62. The monoisotopic (exact) mass is 265 g/mol. The van der Waals surface area contributed by atoms with Crippen LogP contribution in [-0.4, -0.2) is 14.3 Å². The summed E-state index contributed by atoms with van der Waals surface area (Å²) in [6, 6.07) is 2.80. The predicted octanol–water partition coefficient (Wildman–Crippen LogP) is 1.78. The van der Waals surface area contributed by atoms with Crippen molar-refractivity contribution in [2.75, 3.05) is 0 Å². The molecule has 1 aromatic rings. The number of halogens is 1. The number of allylic oxidation sites excluding steroid dienone is 1. The topological polar surface area (TPSA) is 63.2 Å². The Kier molecular flexibility index (Phi) is 3.90. The summed E-state index contributed by atoms with van der Waals surface area (Å²) in [6.07, 6.45) is 2.58. The first-order chi connectivity index (χ1) is 6.95. The first-order valence-corrected chi connectivity index (χ1v) is 6.58. The van der Waals surface area contributed by atoms with Gasteiger partial charge < -0.3 is 0 Å². The molecular weight excluding hydrogens is 258 g/mol. The zero-order valence-electron chi connectivity index (χ0n) is 7.73. The standard InChI is InChI=1S/C8H8ClNO3S2/c1-2-3-7(11)10-15(12,13)8-5-4-6(9)14-8/h2-5H,1H3,(H,10,11)/b3-2+. The molecule has 0 radical (unpaired) electrons. The first kappa shape index (κ1) is 12.2. The zero-order chi connectivity index (χ0) is 11.5. The molecule has 0 unspecified atom stereocenters. The van der Waals surface area contributed by atoms with E-state index in [1.807, 2.05) is 4.72 Å². The second kappa shape index (κ2) is 4.78. The number of rotatable bonds is 3. The second-order valence-electron chi connectivity index (χ2n) is 2.53. The van der Waals surface area contributed by atoms with Crippen molar-refractivity contribution in [3.63, 3.8) is 0 Å². The molecule has 0 atom stereocenters. The van der Waals surface area contributed by atoms with Gasteiger partial charge in [-0.2, -0.15) is 0 Å². The number of thiophene rings is 1. The zero-order valence-corrected chi connectivity index (χ0v) is 10.1. The third-order valence-electron chi connectivity index (χ3n) is 1.37. The SMILES string of the molecule is C/C=C/C(=O)NS(=O)(=O)c1ccc(Cl)s1. The van der Waals surface area contributed by atoms with Gasteiger partial charge in [0.1, 0.15) is 4.21 Å². The molecule has 0 aliphatic heterocycles. The van der Waals surface area contributed by atoms with E-state index < -0.39 is 15.9 Å². The van der Waals surface area contributed by atoms with E-state index in [4.69, 9.17) is 11.6 Å². The fourth-order valence-corrected chi connectivity index (χ4v) is 3.24. The molecule has 1 N–H and O–H groups in total. The van der Waals surface area contributed by atoms with Gasteiger partial charge in [-0.1, -0.05) is 17.7 Å². The van der Waals surface area contributed by atoms with Crippen molar-refractivity contribution in [2.45, 2.75) is 11.1 Å². The minimum atomic E-state index is -3.78. The van der Waals surface area contributed by atoms with Gasteiger partial charge in [-0.3, -0.25) is 4.79 Å². The van der Waals surface area contributed by atoms with E-state index in [0.29, 0.717) is 4.34 Å². The summed E-state index contributed by atoms with van der Waals surface area (Å²) < 4.78 is 25.3. The van der Waals surface area contributed by atoms with Gasteiger partial charge in [0, 0.05) is 0 Å². The highest BCUT2D eigenvalue weighted by molar-refractivity contribution is 7.92. The van der Waals surface area contributed by atoms with E-state index in [9.17, 15) is 13.2 Å². The fourth-order valence-electron chi connectivity index (χ4n) is 0.810. The minimum absolute atomic E-state index is 0.0188. The molecule has 0 saturated heterocycles. The van der Waals surface area contributed by atoms with Gasteiger partial charge in [-0.25, -0.2) is 13.1 Å². The summed E-state index contributed by atoms with van der Waals surface area (Å²) in [7, 11) is -3.78. The Hall–Kier alpha value is -0.850. The van der Waals surface area contributed by atoms with Crippen LogP contribution in [0.4, 0.5) is 0 Å². The maximum Gasteiger partial charge on any atom is 0.273 e. The summed E-state index contributed by atoms with van der Waals surface area (Å²) in [5, 5.41) is 0. The van der Waals surface area contributed by atoms with Crippen molar-refractivity contribution in [1.82, 2.24) is 4.72 Å². The summed E-state index contributed by atoms with van der Waals surface area (Å²) >= 11 is 6.48. The Morgan fingerprint density at radius 3 is 2.67 bits per heavy atom. The van der Waals surface area contributed by atoms with Gasteiger partial charge in [0.15, 0.2) is 0 Å². The van der Waals surface area contributed by atoms with Crippen molar-refractivity contribution in [2.24, 2.45) is 0 Å². The van der Waals surface area contributed by atoms with E-state index in [-0.39, 0.29) is 4.21 Å². The summed E-state index contributed by atoms with van der Waals surface area (Å²) in [4.78, 5) is 11.0. The van der Waals surface area contributed by atoms with Gasteiger partial charge in [-0.05, 0) is 25.1 Å². The predicted molar refractivity (Wildman–Crippen MR) is 59.5 cm³/mol. The van der Waals surface area contributed by atoms with E-state index in [1.54, 1.807) is 6.92 Å². The molecule has 0 bridgehead atoms. The molecule has 1 heterocycles. The number of amides is 1. The average Bonchev–Trinajstić information content (AvgIpc) is 2.51. The van der Waals surface area contributed by atoms with Crippen molar-refractivity contribution in [3.05, 3.63) is 28.6 Å². The number of carbonyl (C=O) groups is 1. The quantitative estimate of drug-likeness (QED) is 0.848. The molecule has 1 aromatic heterocycles. The lowest BCUT2D eigenvalue weighted by molar-refractivity contribution is -0.114. The highest BCUT2D eigenvalue weighted by atomic mass is 35.5. The van der Waals surface area contributed by atoms with Crippen LogP contribution in [0, 0.1) is 0 Å². The number of nitrogens with one attached hydrogen (secondary N) is 1. The molecule has 0 spiro atoms. The lowest BCUT2D eigenvalue weighted by atomic mass is 10.5. The van der Waals surface area contributed by atoms with Crippen LogP contribution in [0.25, 0.3) is 0 Å². The molecule has 0 fully saturated rings. The van der Waals surface area contributed by atoms with E-state index in [1.165, 1.54) is 18.2 Å². The highest BCUT2D eigenvalue weighted by Crippen LogP contribution is 2.25. The first-order valence-electron chi connectivity index (χ1n) is 3.90. The van der Waals surface area contributed by atoms with Crippen LogP contribution in [0.5, 0.6) is 0 Å². The van der Waals surface area contributed by atoms with Crippen molar-refractivity contribution >= 4 is 38.9 Å². The van der Waals surface area contributed by atoms with Crippen molar-refractivity contribution in [1.29, 1.82) is 0 Å². The normalized spacial score (nSPS) is 11.9. The van der Waals surface area contributed by atoms with E-state index >= 15 is 0 Å². The fraction of sp³-hybridized carbons (Fsp3) is 0.125. The van der Waals surface area contributed by atoms with Crippen molar-refractivity contribution in [3.8, 4) is 0 Å². The van der Waals surface area contributed by atoms with Crippen LogP contribution < -0.4 is 4.72 Å². The molecule has 7 heteroatoms. The molecule has 4 nitrogen and oxygen atoms in total. The van der Waals surface area contributed by atoms with Crippen LogP contribution in [0.3, 0.4) is 0 Å². The van der Waals surface area contributed by atoms with Crippen LogP contribution >= 0.6 is 22.9 Å². The van der Waals surface area contributed by atoms with Crippen LogP contribution in [0.15, 0.2) is 28.5 Å².